The number of aliphatic hydroxyl groups is 1. The number of rotatable bonds is 2. The van der Waals surface area contributed by atoms with E-state index < -0.39 is 11.4 Å². The number of piperidine rings is 1. The smallest absolute Gasteiger partial charge is 0.256 e. The minimum absolute atomic E-state index is 0.0367. The fraction of sp³-hybridized carbons (Fsp3) is 0.529. The van der Waals surface area contributed by atoms with Crippen molar-refractivity contribution in [3.63, 3.8) is 0 Å². The maximum Gasteiger partial charge on any atom is 0.256 e. The highest BCUT2D eigenvalue weighted by Crippen LogP contribution is 2.31. The second-order valence-electron chi connectivity index (χ2n) is 6.30. The van der Waals surface area contributed by atoms with Gasteiger partial charge in [0.2, 0.25) is 0 Å². The fourth-order valence-corrected chi connectivity index (χ4v) is 3.52. The molecule has 1 aromatic carbocycles. The van der Waals surface area contributed by atoms with Gasteiger partial charge in [-0.25, -0.2) is 4.39 Å². The van der Waals surface area contributed by atoms with Crippen LogP contribution in [0.25, 0.3) is 0 Å². The molecule has 0 bridgehead atoms. The van der Waals surface area contributed by atoms with E-state index in [-0.39, 0.29) is 18.0 Å². The summed E-state index contributed by atoms with van der Waals surface area (Å²) >= 11 is 0. The molecule has 23 heavy (non-hydrogen) atoms. The van der Waals surface area contributed by atoms with Crippen molar-refractivity contribution in [3.8, 4) is 6.07 Å². The van der Waals surface area contributed by atoms with Crippen molar-refractivity contribution in [1.82, 2.24) is 4.90 Å². The molecule has 2 fully saturated rings. The molecule has 0 spiro atoms. The summed E-state index contributed by atoms with van der Waals surface area (Å²) in [4.78, 5) is 16.1. The molecule has 0 saturated carbocycles. The number of benzene rings is 1. The Kier molecular flexibility index (Phi) is 4.22. The molecule has 1 atom stereocenters. The lowest BCUT2D eigenvalue weighted by atomic mass is 9.90. The predicted molar refractivity (Wildman–Crippen MR) is 83.3 cm³/mol. The molecule has 1 unspecified atom stereocenters. The number of nitriles is 1. The standard InChI is InChI=1S/C17H20FN3O2/c18-14-5-3-6-15(13(14)11-19)21-10-4-7-17(23,12-21)16(22)20-8-1-2-9-20/h3,5-6,23H,1-2,4,7-10,12H2. The third-order valence-corrected chi connectivity index (χ3v) is 4.71. The van der Waals surface area contributed by atoms with Crippen LogP contribution in [0.3, 0.4) is 0 Å². The molecule has 1 N–H and O–H groups in total. The highest BCUT2D eigenvalue weighted by Gasteiger charge is 2.43. The van der Waals surface area contributed by atoms with Crippen molar-refractivity contribution in [2.24, 2.45) is 0 Å². The first kappa shape index (κ1) is 15.8. The van der Waals surface area contributed by atoms with Gasteiger partial charge in [0.25, 0.3) is 5.91 Å². The number of β-amino-alcohol motifs (C(OH)–C–C–N with tert-alkyl or cyclic N) is 1. The minimum Gasteiger partial charge on any atom is -0.378 e. The second-order valence-corrected chi connectivity index (χ2v) is 6.30. The Morgan fingerprint density at radius 3 is 2.70 bits per heavy atom. The van der Waals surface area contributed by atoms with E-state index >= 15 is 0 Å². The number of amides is 1. The van der Waals surface area contributed by atoms with E-state index in [0.717, 1.165) is 12.8 Å². The first-order chi connectivity index (χ1) is 11.0. The van der Waals surface area contributed by atoms with Crippen LogP contribution in [0, 0.1) is 17.1 Å². The van der Waals surface area contributed by atoms with E-state index in [4.69, 9.17) is 0 Å². The molecular weight excluding hydrogens is 297 g/mol. The van der Waals surface area contributed by atoms with Crippen LogP contribution in [0.4, 0.5) is 10.1 Å². The Bertz CT molecular complexity index is 652. The Labute approximate surface area is 134 Å². The lowest BCUT2D eigenvalue weighted by molar-refractivity contribution is -0.151. The van der Waals surface area contributed by atoms with Gasteiger partial charge in [0, 0.05) is 19.6 Å². The Hall–Kier alpha value is -2.13. The molecule has 5 nitrogen and oxygen atoms in total. The summed E-state index contributed by atoms with van der Waals surface area (Å²) in [7, 11) is 0. The number of hydrogen-bond donors (Lipinski definition) is 1. The highest BCUT2D eigenvalue weighted by atomic mass is 19.1. The van der Waals surface area contributed by atoms with Gasteiger partial charge >= 0.3 is 0 Å². The van der Waals surface area contributed by atoms with Gasteiger partial charge in [-0.15, -0.1) is 0 Å². The van der Waals surface area contributed by atoms with Gasteiger partial charge in [-0.3, -0.25) is 4.79 Å². The quantitative estimate of drug-likeness (QED) is 0.900. The van der Waals surface area contributed by atoms with Gasteiger partial charge in [-0.05, 0) is 37.8 Å². The molecule has 6 heteroatoms. The number of carbonyl (C=O) groups is 1. The summed E-state index contributed by atoms with van der Waals surface area (Å²) in [6, 6.07) is 6.33. The Balaban J connectivity index is 1.85. The van der Waals surface area contributed by atoms with Gasteiger partial charge in [-0.1, -0.05) is 6.07 Å². The van der Waals surface area contributed by atoms with Crippen LogP contribution in [0.5, 0.6) is 0 Å². The second kappa shape index (κ2) is 6.17. The number of nitrogens with zero attached hydrogens (tertiary/aromatic N) is 3. The van der Waals surface area contributed by atoms with E-state index in [1.807, 2.05) is 6.07 Å². The van der Waals surface area contributed by atoms with E-state index in [1.165, 1.54) is 6.07 Å². The lowest BCUT2D eigenvalue weighted by Gasteiger charge is -2.41. The molecule has 1 aromatic rings. The van der Waals surface area contributed by atoms with E-state index in [0.29, 0.717) is 38.2 Å². The zero-order valence-corrected chi connectivity index (χ0v) is 13.0. The summed E-state index contributed by atoms with van der Waals surface area (Å²) in [6.45, 7) is 2.06. The summed E-state index contributed by atoms with van der Waals surface area (Å²) in [6.07, 6.45) is 2.95. The normalized spacial score (nSPS) is 24.6. The Morgan fingerprint density at radius 2 is 2.00 bits per heavy atom. The zero-order valence-electron chi connectivity index (χ0n) is 13.0. The topological polar surface area (TPSA) is 67.6 Å². The van der Waals surface area contributed by atoms with Crippen LogP contribution in [0.2, 0.25) is 0 Å². The summed E-state index contributed by atoms with van der Waals surface area (Å²) in [5.74, 6) is -0.820. The van der Waals surface area contributed by atoms with Crippen LogP contribution in [-0.4, -0.2) is 47.7 Å². The average Bonchev–Trinajstić information content (AvgIpc) is 3.08. The van der Waals surface area contributed by atoms with Crippen LogP contribution < -0.4 is 4.90 Å². The SMILES string of the molecule is N#Cc1c(F)cccc1N1CCCC(O)(C(=O)N2CCCC2)C1. The molecule has 0 aromatic heterocycles. The van der Waals surface area contributed by atoms with E-state index in [9.17, 15) is 19.6 Å². The zero-order chi connectivity index (χ0) is 16.4. The van der Waals surface area contributed by atoms with Crippen molar-refractivity contribution in [3.05, 3.63) is 29.6 Å². The van der Waals surface area contributed by atoms with Gasteiger partial charge in [0.05, 0.1) is 12.2 Å². The number of hydrogen-bond acceptors (Lipinski definition) is 4. The van der Waals surface area contributed by atoms with Crippen LogP contribution >= 0.6 is 0 Å². The molecule has 2 saturated heterocycles. The summed E-state index contributed by atoms with van der Waals surface area (Å²) in [5.41, 5.74) is -1.05. The fourth-order valence-electron chi connectivity index (χ4n) is 3.52. The van der Waals surface area contributed by atoms with Crippen molar-refractivity contribution in [2.75, 3.05) is 31.1 Å². The third-order valence-electron chi connectivity index (χ3n) is 4.71. The molecule has 2 heterocycles. The molecule has 2 aliphatic heterocycles. The molecule has 1 amide bonds. The highest BCUT2D eigenvalue weighted by molar-refractivity contribution is 5.86. The van der Waals surface area contributed by atoms with Crippen molar-refractivity contribution in [2.45, 2.75) is 31.3 Å². The lowest BCUT2D eigenvalue weighted by Crippen LogP contribution is -2.57. The predicted octanol–water partition coefficient (Wildman–Crippen LogP) is 1.65. The number of likely N-dealkylation sites (tertiary alicyclic amines) is 1. The first-order valence-corrected chi connectivity index (χ1v) is 8.00. The van der Waals surface area contributed by atoms with Gasteiger partial charge in [0.15, 0.2) is 5.60 Å². The molecule has 0 aliphatic carbocycles. The maximum absolute atomic E-state index is 13.8. The van der Waals surface area contributed by atoms with Crippen LogP contribution in [0.15, 0.2) is 18.2 Å². The monoisotopic (exact) mass is 317 g/mol. The van der Waals surface area contributed by atoms with Crippen molar-refractivity contribution in [1.29, 1.82) is 5.26 Å². The molecule has 0 radical (unpaired) electrons. The molecule has 122 valence electrons. The van der Waals surface area contributed by atoms with E-state index in [2.05, 4.69) is 0 Å². The largest absolute Gasteiger partial charge is 0.378 e. The van der Waals surface area contributed by atoms with E-state index in [1.54, 1.807) is 21.9 Å². The first-order valence-electron chi connectivity index (χ1n) is 8.00. The van der Waals surface area contributed by atoms with Crippen LogP contribution in [-0.2, 0) is 4.79 Å². The molecular formula is C17H20FN3O2. The third kappa shape index (κ3) is 2.89. The summed E-state index contributed by atoms with van der Waals surface area (Å²) in [5, 5.41) is 20.0. The average molecular weight is 317 g/mol. The van der Waals surface area contributed by atoms with Crippen molar-refractivity contribution < 1.29 is 14.3 Å². The number of anilines is 1. The number of halogens is 1. The van der Waals surface area contributed by atoms with Crippen LogP contribution in [0.1, 0.15) is 31.2 Å². The minimum atomic E-state index is -1.46. The maximum atomic E-state index is 13.8. The number of carbonyl (C=O) groups excluding carboxylic acids is 1. The molecule has 3 rings (SSSR count). The van der Waals surface area contributed by atoms with Gasteiger partial charge in [0.1, 0.15) is 17.4 Å². The van der Waals surface area contributed by atoms with Gasteiger partial charge in [-0.2, -0.15) is 5.26 Å². The molecule has 2 aliphatic rings. The van der Waals surface area contributed by atoms with Gasteiger partial charge < -0.3 is 14.9 Å². The van der Waals surface area contributed by atoms with Crippen molar-refractivity contribution >= 4 is 11.6 Å². The summed E-state index contributed by atoms with van der Waals surface area (Å²) < 4.78 is 13.8. The Morgan fingerprint density at radius 1 is 1.26 bits per heavy atom.